The van der Waals surface area contributed by atoms with E-state index in [1.165, 1.54) is 0 Å². The number of imidazole rings is 1. The number of aromatic nitrogens is 2. The number of allylic oxidation sites excluding steroid dienone is 1. The van der Waals surface area contributed by atoms with Crippen LogP contribution in [-0.4, -0.2) is 16.2 Å². The number of unbranched alkanes of at least 4 members (excludes halogenated alkanes) is 1. The predicted octanol–water partition coefficient (Wildman–Crippen LogP) is 3.81. The highest BCUT2D eigenvalue weighted by Gasteiger charge is 2.16. The zero-order chi connectivity index (χ0) is 15.2. The number of hydrogen-bond acceptors (Lipinski definition) is 3. The van der Waals surface area contributed by atoms with Gasteiger partial charge in [-0.15, -0.1) is 6.58 Å². The van der Waals surface area contributed by atoms with Gasteiger partial charge in [0.2, 0.25) is 0 Å². The SMILES string of the molecule is C=CCn1c(C(N)CCCC)nc2cc(OCC)ccc21. The van der Waals surface area contributed by atoms with Crippen LogP contribution in [0.2, 0.25) is 0 Å². The highest BCUT2D eigenvalue weighted by molar-refractivity contribution is 5.78. The van der Waals surface area contributed by atoms with Gasteiger partial charge in [0.05, 0.1) is 23.7 Å². The first-order chi connectivity index (χ1) is 10.2. The summed E-state index contributed by atoms with van der Waals surface area (Å²) in [5.41, 5.74) is 8.34. The molecule has 4 nitrogen and oxygen atoms in total. The van der Waals surface area contributed by atoms with Gasteiger partial charge in [-0.3, -0.25) is 0 Å². The molecule has 1 heterocycles. The monoisotopic (exact) mass is 287 g/mol. The zero-order valence-electron chi connectivity index (χ0n) is 13.0. The largest absolute Gasteiger partial charge is 0.494 e. The van der Waals surface area contributed by atoms with Crippen molar-refractivity contribution < 1.29 is 4.74 Å². The summed E-state index contributed by atoms with van der Waals surface area (Å²) in [6, 6.07) is 5.98. The van der Waals surface area contributed by atoms with E-state index >= 15 is 0 Å². The first-order valence-corrected chi connectivity index (χ1v) is 7.70. The standard InChI is InChI=1S/C17H25N3O/c1-4-7-8-14(18)17-19-15-12-13(21-6-3)9-10-16(15)20(17)11-5-2/h5,9-10,12,14H,2,4,6-8,11,18H2,1,3H3. The van der Waals surface area contributed by atoms with E-state index in [-0.39, 0.29) is 6.04 Å². The maximum Gasteiger partial charge on any atom is 0.127 e. The van der Waals surface area contributed by atoms with E-state index in [0.717, 1.165) is 48.4 Å². The van der Waals surface area contributed by atoms with E-state index in [2.05, 4.69) is 18.1 Å². The Morgan fingerprint density at radius 2 is 2.24 bits per heavy atom. The summed E-state index contributed by atoms with van der Waals surface area (Å²) in [6.07, 6.45) is 5.09. The smallest absolute Gasteiger partial charge is 0.127 e. The van der Waals surface area contributed by atoms with Gasteiger partial charge in [-0.1, -0.05) is 25.8 Å². The molecule has 1 aromatic carbocycles. The maximum absolute atomic E-state index is 6.32. The van der Waals surface area contributed by atoms with Crippen molar-refractivity contribution in [3.63, 3.8) is 0 Å². The Labute approximate surface area is 126 Å². The minimum Gasteiger partial charge on any atom is -0.494 e. The molecule has 0 bridgehead atoms. The van der Waals surface area contributed by atoms with Gasteiger partial charge in [0.25, 0.3) is 0 Å². The van der Waals surface area contributed by atoms with Crippen molar-refractivity contribution in [1.82, 2.24) is 9.55 Å². The Bertz CT molecular complexity index is 603. The number of nitrogens with zero attached hydrogens (tertiary/aromatic N) is 2. The first kappa shape index (κ1) is 15.6. The van der Waals surface area contributed by atoms with E-state index in [0.29, 0.717) is 6.61 Å². The van der Waals surface area contributed by atoms with Crippen molar-refractivity contribution in [2.24, 2.45) is 5.73 Å². The molecule has 2 N–H and O–H groups in total. The number of benzene rings is 1. The molecule has 2 aromatic rings. The van der Waals surface area contributed by atoms with Crippen molar-refractivity contribution in [2.75, 3.05) is 6.61 Å². The average Bonchev–Trinajstić information content (AvgIpc) is 2.84. The molecule has 114 valence electrons. The van der Waals surface area contributed by atoms with E-state index in [9.17, 15) is 0 Å². The van der Waals surface area contributed by atoms with Crippen molar-refractivity contribution in [3.8, 4) is 5.75 Å². The molecule has 1 aromatic heterocycles. The summed E-state index contributed by atoms with van der Waals surface area (Å²) >= 11 is 0. The molecule has 1 atom stereocenters. The minimum atomic E-state index is -0.0344. The fraction of sp³-hybridized carbons (Fsp3) is 0.471. The van der Waals surface area contributed by atoms with Gasteiger partial charge in [0.1, 0.15) is 11.6 Å². The van der Waals surface area contributed by atoms with Gasteiger partial charge in [-0.05, 0) is 25.5 Å². The normalized spacial score (nSPS) is 12.5. The van der Waals surface area contributed by atoms with Crippen molar-refractivity contribution in [2.45, 2.75) is 45.7 Å². The highest BCUT2D eigenvalue weighted by Crippen LogP contribution is 2.26. The van der Waals surface area contributed by atoms with Crippen LogP contribution in [0.3, 0.4) is 0 Å². The minimum absolute atomic E-state index is 0.0344. The third-order valence-electron chi connectivity index (χ3n) is 3.57. The first-order valence-electron chi connectivity index (χ1n) is 7.70. The number of rotatable bonds is 8. The molecule has 0 saturated heterocycles. The van der Waals surface area contributed by atoms with Crippen LogP contribution in [0.4, 0.5) is 0 Å². The summed E-state index contributed by atoms with van der Waals surface area (Å²) in [5.74, 6) is 1.79. The van der Waals surface area contributed by atoms with Crippen LogP contribution in [0, 0.1) is 0 Å². The molecular weight excluding hydrogens is 262 g/mol. The van der Waals surface area contributed by atoms with E-state index < -0.39 is 0 Å². The zero-order valence-corrected chi connectivity index (χ0v) is 13.0. The molecule has 0 aliphatic heterocycles. The molecule has 2 rings (SSSR count). The lowest BCUT2D eigenvalue weighted by Crippen LogP contribution is -2.16. The van der Waals surface area contributed by atoms with Gasteiger partial charge < -0.3 is 15.0 Å². The molecule has 4 heteroatoms. The second kappa shape index (κ2) is 7.27. The second-order valence-electron chi connectivity index (χ2n) is 5.20. The summed E-state index contributed by atoms with van der Waals surface area (Å²) < 4.78 is 7.70. The van der Waals surface area contributed by atoms with Crippen molar-refractivity contribution in [3.05, 3.63) is 36.7 Å². The molecule has 0 amide bonds. The third-order valence-corrected chi connectivity index (χ3v) is 3.57. The van der Waals surface area contributed by atoms with Gasteiger partial charge in [-0.25, -0.2) is 4.98 Å². The lowest BCUT2D eigenvalue weighted by atomic mass is 10.1. The topological polar surface area (TPSA) is 53.1 Å². The predicted molar refractivity (Wildman–Crippen MR) is 87.6 cm³/mol. The Hall–Kier alpha value is -1.81. The Kier molecular flexibility index (Phi) is 5.39. The summed E-state index contributed by atoms with van der Waals surface area (Å²) in [7, 11) is 0. The van der Waals surface area contributed by atoms with Gasteiger partial charge in [0.15, 0.2) is 0 Å². The molecule has 0 aliphatic rings. The number of fused-ring (bicyclic) bond motifs is 1. The van der Waals surface area contributed by atoms with Gasteiger partial charge >= 0.3 is 0 Å². The van der Waals surface area contributed by atoms with Crippen LogP contribution in [0.15, 0.2) is 30.9 Å². The number of nitrogens with two attached hydrogens (primary N) is 1. The fourth-order valence-corrected chi connectivity index (χ4v) is 2.54. The summed E-state index contributed by atoms with van der Waals surface area (Å²) in [6.45, 7) is 9.37. The second-order valence-corrected chi connectivity index (χ2v) is 5.20. The average molecular weight is 287 g/mol. The van der Waals surface area contributed by atoms with Crippen LogP contribution < -0.4 is 10.5 Å². The van der Waals surface area contributed by atoms with Gasteiger partial charge in [0, 0.05) is 12.6 Å². The Balaban J connectivity index is 2.42. The molecular formula is C17H25N3O. The lowest BCUT2D eigenvalue weighted by Gasteiger charge is -2.13. The van der Waals surface area contributed by atoms with Crippen LogP contribution >= 0.6 is 0 Å². The van der Waals surface area contributed by atoms with Crippen LogP contribution in [-0.2, 0) is 6.54 Å². The molecule has 0 spiro atoms. The fourth-order valence-electron chi connectivity index (χ4n) is 2.54. The molecule has 1 unspecified atom stereocenters. The Morgan fingerprint density at radius 3 is 2.90 bits per heavy atom. The maximum atomic E-state index is 6.32. The van der Waals surface area contributed by atoms with Crippen molar-refractivity contribution in [1.29, 1.82) is 0 Å². The highest BCUT2D eigenvalue weighted by atomic mass is 16.5. The summed E-state index contributed by atoms with van der Waals surface area (Å²) in [4.78, 5) is 4.74. The third kappa shape index (κ3) is 3.45. The Morgan fingerprint density at radius 1 is 1.43 bits per heavy atom. The number of ether oxygens (including phenoxy) is 1. The molecule has 0 radical (unpaired) electrons. The van der Waals surface area contributed by atoms with Crippen LogP contribution in [0.5, 0.6) is 5.75 Å². The van der Waals surface area contributed by atoms with Crippen molar-refractivity contribution >= 4 is 11.0 Å². The number of hydrogen-bond donors (Lipinski definition) is 1. The summed E-state index contributed by atoms with van der Waals surface area (Å²) in [5, 5.41) is 0. The molecule has 21 heavy (non-hydrogen) atoms. The van der Waals surface area contributed by atoms with Crippen LogP contribution in [0.1, 0.15) is 45.0 Å². The van der Waals surface area contributed by atoms with Crippen LogP contribution in [0.25, 0.3) is 11.0 Å². The van der Waals surface area contributed by atoms with E-state index in [4.69, 9.17) is 15.5 Å². The van der Waals surface area contributed by atoms with E-state index in [1.807, 2.05) is 31.2 Å². The molecule has 0 fully saturated rings. The van der Waals surface area contributed by atoms with Gasteiger partial charge in [-0.2, -0.15) is 0 Å². The van der Waals surface area contributed by atoms with E-state index in [1.54, 1.807) is 0 Å². The lowest BCUT2D eigenvalue weighted by molar-refractivity contribution is 0.340. The molecule has 0 saturated carbocycles. The quantitative estimate of drug-likeness (QED) is 0.751. The molecule has 0 aliphatic carbocycles.